The van der Waals surface area contributed by atoms with Crippen LogP contribution in [-0.4, -0.2) is 40.2 Å². The standard InChI is InChI=1S/C18H18Cl2N2O3/c19-15-6-5-13(9-16(15)20)25-14-4-2-8-22(11-14)17(18(23)24)12-3-1-7-21-10-12/h1,3,5-7,9-10,14,17H,2,4,8,11H2,(H,23,24). The summed E-state index contributed by atoms with van der Waals surface area (Å²) >= 11 is 11.9. The van der Waals surface area contributed by atoms with Crippen LogP contribution in [0.1, 0.15) is 24.4 Å². The second-order valence-electron chi connectivity index (χ2n) is 5.98. The van der Waals surface area contributed by atoms with Crippen molar-refractivity contribution in [1.82, 2.24) is 9.88 Å². The number of aromatic nitrogens is 1. The highest BCUT2D eigenvalue weighted by Gasteiger charge is 2.32. The smallest absolute Gasteiger partial charge is 0.325 e. The Labute approximate surface area is 156 Å². The van der Waals surface area contributed by atoms with Crippen LogP contribution in [0.2, 0.25) is 10.0 Å². The Balaban J connectivity index is 1.73. The molecule has 25 heavy (non-hydrogen) atoms. The van der Waals surface area contributed by atoms with E-state index in [4.69, 9.17) is 27.9 Å². The first-order valence-corrected chi connectivity index (χ1v) is 8.78. The van der Waals surface area contributed by atoms with Crippen LogP contribution < -0.4 is 4.74 Å². The molecular weight excluding hydrogens is 363 g/mol. The summed E-state index contributed by atoms with van der Waals surface area (Å²) in [6, 6.07) is 7.94. The number of carboxylic acid groups (broad SMARTS) is 1. The van der Waals surface area contributed by atoms with Crippen molar-refractivity contribution in [1.29, 1.82) is 0 Å². The lowest BCUT2D eigenvalue weighted by molar-refractivity contribution is -0.144. The van der Waals surface area contributed by atoms with Gasteiger partial charge in [-0.2, -0.15) is 0 Å². The zero-order chi connectivity index (χ0) is 17.8. The molecule has 1 N–H and O–H groups in total. The third-order valence-corrected chi connectivity index (χ3v) is 4.94. The SMILES string of the molecule is O=C(O)C(c1cccnc1)N1CCCC(Oc2ccc(Cl)c(Cl)c2)C1. The van der Waals surface area contributed by atoms with E-state index in [0.29, 0.717) is 34.4 Å². The first-order valence-electron chi connectivity index (χ1n) is 8.03. The van der Waals surface area contributed by atoms with Crippen LogP contribution in [0.25, 0.3) is 0 Å². The maximum atomic E-state index is 11.8. The molecular formula is C18H18Cl2N2O3. The molecule has 2 unspecified atom stereocenters. The topological polar surface area (TPSA) is 62.7 Å². The Morgan fingerprint density at radius 2 is 2.16 bits per heavy atom. The van der Waals surface area contributed by atoms with Crippen LogP contribution in [0.4, 0.5) is 0 Å². The van der Waals surface area contributed by atoms with E-state index >= 15 is 0 Å². The number of carboxylic acids is 1. The van der Waals surface area contributed by atoms with E-state index in [1.54, 1.807) is 42.7 Å². The van der Waals surface area contributed by atoms with Gasteiger partial charge in [0.05, 0.1) is 10.0 Å². The summed E-state index contributed by atoms with van der Waals surface area (Å²) in [7, 11) is 0. The predicted octanol–water partition coefficient (Wildman–Crippen LogP) is 4.06. The Kier molecular flexibility index (Phi) is 5.78. The number of rotatable bonds is 5. The number of carbonyl (C=O) groups is 1. The molecule has 1 aromatic heterocycles. The van der Waals surface area contributed by atoms with Crippen LogP contribution in [0.15, 0.2) is 42.7 Å². The van der Waals surface area contributed by atoms with E-state index in [0.717, 1.165) is 12.8 Å². The lowest BCUT2D eigenvalue weighted by Crippen LogP contribution is -2.45. The molecule has 1 fully saturated rings. The van der Waals surface area contributed by atoms with Gasteiger partial charge in [-0.1, -0.05) is 29.3 Å². The zero-order valence-electron chi connectivity index (χ0n) is 13.4. The number of nitrogens with zero attached hydrogens (tertiary/aromatic N) is 2. The molecule has 0 radical (unpaired) electrons. The molecule has 1 aliphatic rings. The lowest BCUT2D eigenvalue weighted by Gasteiger charge is -2.36. The van der Waals surface area contributed by atoms with Gasteiger partial charge >= 0.3 is 5.97 Å². The molecule has 132 valence electrons. The first-order chi connectivity index (χ1) is 12.0. The third-order valence-electron chi connectivity index (χ3n) is 4.20. The average Bonchev–Trinajstić information content (AvgIpc) is 2.59. The number of pyridine rings is 1. The molecule has 0 amide bonds. The fraction of sp³-hybridized carbons (Fsp3) is 0.333. The van der Waals surface area contributed by atoms with E-state index in [1.165, 1.54) is 0 Å². The number of aliphatic carboxylic acids is 1. The highest BCUT2D eigenvalue weighted by molar-refractivity contribution is 6.42. The molecule has 0 aliphatic carbocycles. The van der Waals surface area contributed by atoms with E-state index < -0.39 is 12.0 Å². The second kappa shape index (κ2) is 8.04. The number of ether oxygens (including phenoxy) is 1. The van der Waals surface area contributed by atoms with Gasteiger partial charge in [0.25, 0.3) is 0 Å². The number of halogens is 2. The first kappa shape index (κ1) is 18.0. The second-order valence-corrected chi connectivity index (χ2v) is 6.79. The Bertz CT molecular complexity index is 742. The maximum Gasteiger partial charge on any atom is 0.325 e. The van der Waals surface area contributed by atoms with Crippen molar-refractivity contribution in [3.05, 3.63) is 58.3 Å². The van der Waals surface area contributed by atoms with Crippen molar-refractivity contribution in [2.75, 3.05) is 13.1 Å². The molecule has 7 heteroatoms. The molecule has 1 aromatic carbocycles. The molecule has 0 saturated carbocycles. The highest BCUT2D eigenvalue weighted by Crippen LogP contribution is 2.30. The number of hydrogen-bond donors (Lipinski definition) is 1. The molecule has 0 bridgehead atoms. The summed E-state index contributed by atoms with van der Waals surface area (Å²) in [5, 5.41) is 10.6. The fourth-order valence-electron chi connectivity index (χ4n) is 3.09. The van der Waals surface area contributed by atoms with Gasteiger partial charge in [0.15, 0.2) is 0 Å². The lowest BCUT2D eigenvalue weighted by atomic mass is 10.0. The number of benzene rings is 1. The Morgan fingerprint density at radius 1 is 1.32 bits per heavy atom. The minimum atomic E-state index is -0.886. The van der Waals surface area contributed by atoms with Crippen molar-refractivity contribution in [3.63, 3.8) is 0 Å². The molecule has 2 heterocycles. The summed E-state index contributed by atoms with van der Waals surface area (Å²) in [6.45, 7) is 1.22. The van der Waals surface area contributed by atoms with E-state index in [2.05, 4.69) is 4.98 Å². The van der Waals surface area contributed by atoms with Crippen LogP contribution in [0.3, 0.4) is 0 Å². The number of likely N-dealkylation sites (tertiary alicyclic amines) is 1. The Morgan fingerprint density at radius 3 is 2.84 bits per heavy atom. The molecule has 0 spiro atoms. The molecule has 2 atom stereocenters. The van der Waals surface area contributed by atoms with Crippen LogP contribution in [-0.2, 0) is 4.79 Å². The van der Waals surface area contributed by atoms with Gasteiger partial charge in [0, 0.05) is 25.0 Å². The predicted molar refractivity (Wildman–Crippen MR) is 96.3 cm³/mol. The quantitative estimate of drug-likeness (QED) is 0.847. The molecule has 3 rings (SSSR count). The van der Waals surface area contributed by atoms with Gasteiger partial charge in [0.1, 0.15) is 17.9 Å². The van der Waals surface area contributed by atoms with Crippen molar-refractivity contribution < 1.29 is 14.6 Å². The number of piperidine rings is 1. The van der Waals surface area contributed by atoms with Gasteiger partial charge in [-0.05, 0) is 43.1 Å². The van der Waals surface area contributed by atoms with Gasteiger partial charge in [-0.3, -0.25) is 14.7 Å². The monoisotopic (exact) mass is 380 g/mol. The van der Waals surface area contributed by atoms with Crippen molar-refractivity contribution in [2.24, 2.45) is 0 Å². The van der Waals surface area contributed by atoms with E-state index in [1.807, 2.05) is 4.90 Å². The van der Waals surface area contributed by atoms with E-state index in [-0.39, 0.29) is 6.10 Å². The Hall–Kier alpha value is -1.82. The maximum absolute atomic E-state index is 11.8. The minimum Gasteiger partial charge on any atom is -0.489 e. The minimum absolute atomic E-state index is 0.107. The molecule has 1 saturated heterocycles. The van der Waals surface area contributed by atoms with Crippen molar-refractivity contribution in [2.45, 2.75) is 25.0 Å². The van der Waals surface area contributed by atoms with Crippen LogP contribution in [0, 0.1) is 0 Å². The number of hydrogen-bond acceptors (Lipinski definition) is 4. The van der Waals surface area contributed by atoms with E-state index in [9.17, 15) is 9.90 Å². The molecule has 5 nitrogen and oxygen atoms in total. The van der Waals surface area contributed by atoms with Crippen LogP contribution >= 0.6 is 23.2 Å². The summed E-state index contributed by atoms with van der Waals surface area (Å²) < 4.78 is 5.99. The third kappa shape index (κ3) is 4.42. The summed E-state index contributed by atoms with van der Waals surface area (Å²) in [5.74, 6) is -0.252. The summed E-state index contributed by atoms with van der Waals surface area (Å²) in [6.07, 6.45) is 4.84. The van der Waals surface area contributed by atoms with Crippen molar-refractivity contribution in [3.8, 4) is 5.75 Å². The highest BCUT2D eigenvalue weighted by atomic mass is 35.5. The average molecular weight is 381 g/mol. The molecule has 2 aromatic rings. The largest absolute Gasteiger partial charge is 0.489 e. The summed E-state index contributed by atoms with van der Waals surface area (Å²) in [5.41, 5.74) is 0.671. The van der Waals surface area contributed by atoms with Crippen LogP contribution in [0.5, 0.6) is 5.75 Å². The van der Waals surface area contributed by atoms with Gasteiger partial charge < -0.3 is 9.84 Å². The fourth-order valence-corrected chi connectivity index (χ4v) is 3.37. The van der Waals surface area contributed by atoms with Gasteiger partial charge in [-0.25, -0.2) is 0 Å². The molecule has 1 aliphatic heterocycles. The van der Waals surface area contributed by atoms with Crippen molar-refractivity contribution >= 4 is 29.2 Å². The van der Waals surface area contributed by atoms with Gasteiger partial charge in [0.2, 0.25) is 0 Å². The zero-order valence-corrected chi connectivity index (χ0v) is 15.0. The van der Waals surface area contributed by atoms with Gasteiger partial charge in [-0.15, -0.1) is 0 Å². The summed E-state index contributed by atoms with van der Waals surface area (Å²) in [4.78, 5) is 17.8. The normalized spacial score (nSPS) is 19.4.